The lowest BCUT2D eigenvalue weighted by Gasteiger charge is -2.17. The lowest BCUT2D eigenvalue weighted by atomic mass is 9.97. The topological polar surface area (TPSA) is 137 Å². The van der Waals surface area contributed by atoms with Crippen molar-refractivity contribution in [3.63, 3.8) is 0 Å². The fourth-order valence-corrected chi connectivity index (χ4v) is 2.99. The van der Waals surface area contributed by atoms with Crippen LogP contribution >= 0.6 is 12.2 Å². The minimum atomic E-state index is -0.802. The van der Waals surface area contributed by atoms with Gasteiger partial charge < -0.3 is 5.73 Å². The van der Waals surface area contributed by atoms with Gasteiger partial charge in [0.2, 0.25) is 0 Å². The van der Waals surface area contributed by atoms with Gasteiger partial charge in [-0.1, -0.05) is 48.5 Å². The number of anilines is 1. The van der Waals surface area contributed by atoms with Gasteiger partial charge in [0, 0.05) is 11.1 Å². The zero-order valence-corrected chi connectivity index (χ0v) is 16.2. The van der Waals surface area contributed by atoms with Gasteiger partial charge in [-0.25, -0.2) is 0 Å². The molecule has 4 N–H and O–H groups in total. The molecule has 0 aliphatic rings. The number of nitrogens with zero attached hydrogens (tertiary/aromatic N) is 3. The number of aromatic nitrogens is 1. The summed E-state index contributed by atoms with van der Waals surface area (Å²) in [6.07, 6.45) is 0. The van der Waals surface area contributed by atoms with E-state index < -0.39 is 11.5 Å². The number of amides is 1. The molecule has 2 aromatic carbocycles. The number of nitrogens with two attached hydrogens (primary N) is 1. The maximum absolute atomic E-state index is 12.9. The molecule has 3 rings (SSSR count). The van der Waals surface area contributed by atoms with Crippen molar-refractivity contribution in [3.8, 4) is 23.3 Å². The van der Waals surface area contributed by atoms with Crippen LogP contribution in [0.15, 0.2) is 65.5 Å². The molecule has 9 heteroatoms. The molecule has 0 saturated heterocycles. The average molecular weight is 414 g/mol. The molecule has 1 amide bonds. The van der Waals surface area contributed by atoms with Crippen molar-refractivity contribution >= 4 is 29.1 Å². The highest BCUT2D eigenvalue weighted by molar-refractivity contribution is 7.80. The standard InChI is InChI=1S/C21H14N6O2S/c22-11-15-17(13-7-3-1-4-8-13)16(12-23)20(29)27(18(15)24)26-21(30)25-19(28)14-9-5-2-6-10-14/h1-10H,24H2,(H2,25,26,28,30). The summed E-state index contributed by atoms with van der Waals surface area (Å²) < 4.78 is 0.775. The van der Waals surface area contributed by atoms with Crippen molar-refractivity contribution in [3.05, 3.63) is 87.7 Å². The van der Waals surface area contributed by atoms with Crippen LogP contribution in [0.25, 0.3) is 11.1 Å². The molecule has 30 heavy (non-hydrogen) atoms. The molecule has 1 heterocycles. The predicted octanol–water partition coefficient (Wildman–Crippen LogP) is 2.10. The molecule has 0 aliphatic carbocycles. The Kier molecular flexibility index (Phi) is 5.87. The van der Waals surface area contributed by atoms with Crippen LogP contribution in [0.5, 0.6) is 0 Å². The minimum Gasteiger partial charge on any atom is -0.382 e. The lowest BCUT2D eigenvalue weighted by Crippen LogP contribution is -2.43. The first-order chi connectivity index (χ1) is 14.5. The molecule has 3 aromatic rings. The van der Waals surface area contributed by atoms with Crippen molar-refractivity contribution in [1.29, 1.82) is 10.5 Å². The number of hydrogen-bond acceptors (Lipinski definition) is 6. The Balaban J connectivity index is 2.02. The summed E-state index contributed by atoms with van der Waals surface area (Å²) >= 11 is 5.09. The van der Waals surface area contributed by atoms with Crippen LogP contribution in [-0.2, 0) is 0 Å². The molecule has 0 unspecified atom stereocenters. The van der Waals surface area contributed by atoms with E-state index in [0.29, 0.717) is 11.1 Å². The first-order valence-electron chi connectivity index (χ1n) is 8.59. The van der Waals surface area contributed by atoms with Gasteiger partial charge >= 0.3 is 0 Å². The Hall–Kier alpha value is -4.47. The van der Waals surface area contributed by atoms with Gasteiger partial charge in [-0.05, 0) is 29.9 Å². The number of carbonyl (C=O) groups is 1. The van der Waals surface area contributed by atoms with E-state index in [9.17, 15) is 20.1 Å². The first kappa shape index (κ1) is 20.3. The van der Waals surface area contributed by atoms with Gasteiger partial charge in [0.1, 0.15) is 29.1 Å². The summed E-state index contributed by atoms with van der Waals surface area (Å²) in [4.78, 5) is 25.1. The summed E-state index contributed by atoms with van der Waals surface area (Å²) in [5.74, 6) is -0.738. The third-order valence-corrected chi connectivity index (χ3v) is 4.37. The summed E-state index contributed by atoms with van der Waals surface area (Å²) in [5.41, 5.74) is 8.38. The van der Waals surface area contributed by atoms with Gasteiger partial charge in [0.15, 0.2) is 5.11 Å². The fourth-order valence-electron chi connectivity index (χ4n) is 2.81. The highest BCUT2D eigenvalue weighted by Crippen LogP contribution is 2.28. The monoisotopic (exact) mass is 414 g/mol. The smallest absolute Gasteiger partial charge is 0.289 e. The van der Waals surface area contributed by atoms with Gasteiger partial charge in [-0.2, -0.15) is 15.2 Å². The molecule has 0 fully saturated rings. The van der Waals surface area contributed by atoms with Gasteiger partial charge in [0.05, 0.1) is 0 Å². The van der Waals surface area contributed by atoms with Crippen molar-refractivity contribution in [1.82, 2.24) is 9.99 Å². The summed E-state index contributed by atoms with van der Waals surface area (Å²) in [7, 11) is 0. The number of nitrogen functional groups attached to an aromatic ring is 1. The molecular formula is C21H14N6O2S. The fraction of sp³-hybridized carbons (Fsp3) is 0. The van der Waals surface area contributed by atoms with Crippen LogP contribution in [0.3, 0.4) is 0 Å². The molecule has 146 valence electrons. The SMILES string of the molecule is N#Cc1c(-c2ccccc2)c(C#N)c(=O)n(NC(=S)NC(=O)c2ccccc2)c1N. The zero-order valence-electron chi connectivity index (χ0n) is 15.4. The number of carbonyl (C=O) groups excluding carboxylic acids is 1. The van der Waals surface area contributed by atoms with Crippen LogP contribution in [0.4, 0.5) is 5.82 Å². The number of benzene rings is 2. The second-order valence-electron chi connectivity index (χ2n) is 6.00. The highest BCUT2D eigenvalue weighted by Gasteiger charge is 2.22. The van der Waals surface area contributed by atoms with Crippen LogP contribution in [0.2, 0.25) is 0 Å². The Morgan fingerprint density at radius 1 is 0.967 bits per heavy atom. The molecule has 0 radical (unpaired) electrons. The second-order valence-corrected chi connectivity index (χ2v) is 6.41. The highest BCUT2D eigenvalue weighted by atomic mass is 32.1. The summed E-state index contributed by atoms with van der Waals surface area (Å²) in [5, 5.41) is 21.4. The molecule has 0 bridgehead atoms. The quantitative estimate of drug-likeness (QED) is 0.558. The Morgan fingerprint density at radius 2 is 1.53 bits per heavy atom. The van der Waals surface area contributed by atoms with Crippen LogP contribution < -0.4 is 22.0 Å². The summed E-state index contributed by atoms with van der Waals surface area (Å²) in [6, 6.07) is 20.6. The minimum absolute atomic E-state index is 0.0676. The molecule has 1 aromatic heterocycles. The van der Waals surface area contributed by atoms with Crippen molar-refractivity contribution in [2.75, 3.05) is 11.2 Å². The average Bonchev–Trinajstić information content (AvgIpc) is 2.77. The number of hydrogen-bond donors (Lipinski definition) is 3. The van der Waals surface area contributed by atoms with Crippen LogP contribution in [-0.4, -0.2) is 15.7 Å². The van der Waals surface area contributed by atoms with Crippen molar-refractivity contribution in [2.45, 2.75) is 0 Å². The van der Waals surface area contributed by atoms with E-state index in [-0.39, 0.29) is 27.6 Å². The van der Waals surface area contributed by atoms with E-state index in [1.165, 1.54) is 0 Å². The normalized spacial score (nSPS) is 9.80. The number of nitrogens with one attached hydrogen (secondary N) is 2. The van der Waals surface area contributed by atoms with E-state index in [0.717, 1.165) is 4.68 Å². The predicted molar refractivity (Wildman–Crippen MR) is 116 cm³/mol. The van der Waals surface area contributed by atoms with Gasteiger partial charge in [-0.15, -0.1) is 0 Å². The molecule has 0 saturated carbocycles. The number of nitriles is 2. The third kappa shape index (κ3) is 3.87. The van der Waals surface area contributed by atoms with Crippen molar-refractivity contribution < 1.29 is 4.79 Å². The van der Waals surface area contributed by atoms with Gasteiger partial charge in [-0.3, -0.25) is 20.3 Å². The number of thiocarbonyl (C=S) groups is 1. The van der Waals surface area contributed by atoms with E-state index >= 15 is 0 Å². The van der Waals surface area contributed by atoms with E-state index in [1.807, 2.05) is 12.1 Å². The molecule has 8 nitrogen and oxygen atoms in total. The Bertz CT molecular complexity index is 1270. The third-order valence-electron chi connectivity index (χ3n) is 4.18. The summed E-state index contributed by atoms with van der Waals surface area (Å²) in [6.45, 7) is 0. The van der Waals surface area contributed by atoms with Gasteiger partial charge in [0.25, 0.3) is 11.5 Å². The van der Waals surface area contributed by atoms with Crippen LogP contribution in [0, 0.1) is 22.7 Å². The Labute approximate surface area is 176 Å². The largest absolute Gasteiger partial charge is 0.382 e. The number of pyridine rings is 1. The van der Waals surface area contributed by atoms with E-state index in [2.05, 4.69) is 10.7 Å². The zero-order chi connectivity index (χ0) is 21.7. The number of rotatable bonds is 3. The Morgan fingerprint density at radius 3 is 2.10 bits per heavy atom. The first-order valence-corrected chi connectivity index (χ1v) is 9.00. The lowest BCUT2D eigenvalue weighted by molar-refractivity contribution is 0.0977. The maximum Gasteiger partial charge on any atom is 0.289 e. The molecular weight excluding hydrogens is 400 g/mol. The molecule has 0 atom stereocenters. The molecule has 0 spiro atoms. The molecule has 0 aliphatic heterocycles. The van der Waals surface area contributed by atoms with E-state index in [1.54, 1.807) is 60.7 Å². The maximum atomic E-state index is 12.9. The van der Waals surface area contributed by atoms with Crippen LogP contribution in [0.1, 0.15) is 21.5 Å². The second kappa shape index (κ2) is 8.69. The van der Waals surface area contributed by atoms with Crippen molar-refractivity contribution in [2.24, 2.45) is 0 Å². The van der Waals surface area contributed by atoms with E-state index in [4.69, 9.17) is 18.0 Å².